The largest absolute Gasteiger partial charge is 0.388 e. The zero-order chi connectivity index (χ0) is 13.2. The first kappa shape index (κ1) is 12.6. The number of aromatic nitrogens is 1. The molecule has 0 bridgehead atoms. The van der Waals surface area contributed by atoms with E-state index in [0.29, 0.717) is 12.0 Å². The summed E-state index contributed by atoms with van der Waals surface area (Å²) in [6, 6.07) is 7.41. The molecule has 0 saturated carbocycles. The number of benzene rings is 1. The maximum absolute atomic E-state index is 11.9. The summed E-state index contributed by atoms with van der Waals surface area (Å²) in [6.07, 6.45) is 2.44. The number of carbonyl (C=O) groups excluding carboxylic acids is 1. The van der Waals surface area contributed by atoms with Crippen LogP contribution in [0.2, 0.25) is 0 Å². The molecule has 1 atom stereocenters. The fourth-order valence-electron chi connectivity index (χ4n) is 1.69. The number of aliphatic hydroxyl groups is 1. The molecular formula is C14H18N2O2. The molecule has 1 aromatic heterocycles. The minimum absolute atomic E-state index is 0.160. The number of amides is 1. The van der Waals surface area contributed by atoms with Gasteiger partial charge in [0, 0.05) is 29.2 Å². The van der Waals surface area contributed by atoms with Gasteiger partial charge in [0.25, 0.3) is 5.91 Å². The number of aromatic amines is 1. The Balaban J connectivity index is 2.08. The zero-order valence-corrected chi connectivity index (χ0v) is 10.7. The van der Waals surface area contributed by atoms with E-state index in [0.717, 1.165) is 10.9 Å². The van der Waals surface area contributed by atoms with Gasteiger partial charge >= 0.3 is 0 Å². The lowest BCUT2D eigenvalue weighted by molar-refractivity contribution is 0.0518. The van der Waals surface area contributed by atoms with Crippen molar-refractivity contribution in [2.45, 2.75) is 25.9 Å². The van der Waals surface area contributed by atoms with Gasteiger partial charge in [-0.2, -0.15) is 0 Å². The van der Waals surface area contributed by atoms with E-state index in [9.17, 15) is 9.90 Å². The van der Waals surface area contributed by atoms with Gasteiger partial charge in [-0.1, -0.05) is 6.92 Å². The number of fused-ring (bicyclic) bond motifs is 1. The Hall–Kier alpha value is -1.81. The van der Waals surface area contributed by atoms with Crippen molar-refractivity contribution in [3.8, 4) is 0 Å². The molecule has 4 heteroatoms. The third kappa shape index (κ3) is 2.71. The van der Waals surface area contributed by atoms with Crippen molar-refractivity contribution in [3.63, 3.8) is 0 Å². The van der Waals surface area contributed by atoms with E-state index in [2.05, 4.69) is 10.3 Å². The molecule has 2 aromatic rings. The summed E-state index contributed by atoms with van der Waals surface area (Å²) >= 11 is 0. The molecule has 96 valence electrons. The molecule has 4 nitrogen and oxygen atoms in total. The van der Waals surface area contributed by atoms with Crippen LogP contribution >= 0.6 is 0 Å². The highest BCUT2D eigenvalue weighted by Gasteiger charge is 2.18. The molecule has 0 radical (unpaired) electrons. The third-order valence-electron chi connectivity index (χ3n) is 3.21. The molecular weight excluding hydrogens is 228 g/mol. The molecule has 0 saturated heterocycles. The van der Waals surface area contributed by atoms with E-state index >= 15 is 0 Å². The number of rotatable bonds is 4. The summed E-state index contributed by atoms with van der Waals surface area (Å²) in [7, 11) is 0. The molecule has 0 fully saturated rings. The van der Waals surface area contributed by atoms with E-state index in [-0.39, 0.29) is 12.5 Å². The predicted octanol–water partition coefficient (Wildman–Crippen LogP) is 2.06. The summed E-state index contributed by atoms with van der Waals surface area (Å²) in [5, 5.41) is 13.6. The Kier molecular flexibility index (Phi) is 3.39. The van der Waals surface area contributed by atoms with Gasteiger partial charge in [-0.05, 0) is 37.6 Å². The molecule has 0 aliphatic rings. The van der Waals surface area contributed by atoms with Crippen LogP contribution in [0.5, 0.6) is 0 Å². The summed E-state index contributed by atoms with van der Waals surface area (Å²) in [6.45, 7) is 3.86. The quantitative estimate of drug-likeness (QED) is 0.773. The SMILES string of the molecule is CCC(C)(O)CNC(=O)c1ccc2[nH]ccc2c1. The van der Waals surface area contributed by atoms with Crippen molar-refractivity contribution in [2.75, 3.05) is 6.54 Å². The van der Waals surface area contributed by atoms with Crippen molar-refractivity contribution in [1.82, 2.24) is 10.3 Å². The fraction of sp³-hybridized carbons (Fsp3) is 0.357. The molecule has 2 rings (SSSR count). The van der Waals surface area contributed by atoms with Gasteiger partial charge in [-0.25, -0.2) is 0 Å². The van der Waals surface area contributed by atoms with Gasteiger partial charge in [0.15, 0.2) is 0 Å². The maximum Gasteiger partial charge on any atom is 0.251 e. The van der Waals surface area contributed by atoms with Crippen LogP contribution in [0.3, 0.4) is 0 Å². The predicted molar refractivity (Wildman–Crippen MR) is 71.5 cm³/mol. The fourth-order valence-corrected chi connectivity index (χ4v) is 1.69. The van der Waals surface area contributed by atoms with E-state index in [1.54, 1.807) is 13.0 Å². The summed E-state index contributed by atoms with van der Waals surface area (Å²) in [4.78, 5) is 15.0. The van der Waals surface area contributed by atoms with Gasteiger partial charge in [-0.15, -0.1) is 0 Å². The first-order chi connectivity index (χ1) is 8.52. The third-order valence-corrected chi connectivity index (χ3v) is 3.21. The topological polar surface area (TPSA) is 65.1 Å². The number of H-pyrrole nitrogens is 1. The van der Waals surface area contributed by atoms with Gasteiger partial charge in [0.05, 0.1) is 5.60 Å². The van der Waals surface area contributed by atoms with E-state index in [1.165, 1.54) is 0 Å². The zero-order valence-electron chi connectivity index (χ0n) is 10.7. The Bertz CT molecular complexity index is 558. The lowest BCUT2D eigenvalue weighted by Crippen LogP contribution is -2.40. The van der Waals surface area contributed by atoms with E-state index < -0.39 is 5.60 Å². The van der Waals surface area contributed by atoms with Crippen LogP contribution < -0.4 is 5.32 Å². The molecule has 0 spiro atoms. The van der Waals surface area contributed by atoms with Gasteiger partial charge < -0.3 is 15.4 Å². The number of carbonyl (C=O) groups is 1. The van der Waals surface area contributed by atoms with E-state index in [1.807, 2.05) is 31.3 Å². The van der Waals surface area contributed by atoms with Crippen molar-refractivity contribution >= 4 is 16.8 Å². The smallest absolute Gasteiger partial charge is 0.251 e. The molecule has 1 aromatic carbocycles. The van der Waals surface area contributed by atoms with Crippen LogP contribution in [0.25, 0.3) is 10.9 Å². The van der Waals surface area contributed by atoms with Gasteiger partial charge in [0.2, 0.25) is 0 Å². The minimum Gasteiger partial charge on any atom is -0.388 e. The van der Waals surface area contributed by atoms with Crippen LogP contribution in [0, 0.1) is 0 Å². The Morgan fingerprint density at radius 2 is 2.22 bits per heavy atom. The second-order valence-corrected chi connectivity index (χ2v) is 4.81. The van der Waals surface area contributed by atoms with Crippen LogP contribution in [0.4, 0.5) is 0 Å². The first-order valence-corrected chi connectivity index (χ1v) is 6.09. The number of hydrogen-bond acceptors (Lipinski definition) is 2. The van der Waals surface area contributed by atoms with Crippen molar-refractivity contribution in [2.24, 2.45) is 0 Å². The standard InChI is InChI=1S/C14H18N2O2/c1-3-14(2,18)9-16-13(17)11-4-5-12-10(8-11)6-7-15-12/h4-8,15,18H,3,9H2,1-2H3,(H,16,17). The molecule has 1 heterocycles. The lowest BCUT2D eigenvalue weighted by Gasteiger charge is -2.21. The van der Waals surface area contributed by atoms with Crippen molar-refractivity contribution in [3.05, 3.63) is 36.0 Å². The molecule has 1 unspecified atom stereocenters. The molecule has 18 heavy (non-hydrogen) atoms. The molecule has 0 aliphatic carbocycles. The van der Waals surface area contributed by atoms with Gasteiger partial charge in [0.1, 0.15) is 0 Å². The monoisotopic (exact) mass is 246 g/mol. The average molecular weight is 246 g/mol. The summed E-state index contributed by atoms with van der Waals surface area (Å²) < 4.78 is 0. The summed E-state index contributed by atoms with van der Waals surface area (Å²) in [5.41, 5.74) is 0.759. The van der Waals surface area contributed by atoms with Crippen molar-refractivity contribution < 1.29 is 9.90 Å². The number of nitrogens with one attached hydrogen (secondary N) is 2. The number of hydrogen-bond donors (Lipinski definition) is 3. The lowest BCUT2D eigenvalue weighted by atomic mass is 10.0. The van der Waals surface area contributed by atoms with E-state index in [4.69, 9.17) is 0 Å². The molecule has 3 N–H and O–H groups in total. The van der Waals surface area contributed by atoms with Gasteiger partial charge in [-0.3, -0.25) is 4.79 Å². The minimum atomic E-state index is -0.853. The summed E-state index contributed by atoms with van der Waals surface area (Å²) in [5.74, 6) is -0.160. The highest BCUT2D eigenvalue weighted by atomic mass is 16.3. The van der Waals surface area contributed by atoms with Crippen LogP contribution in [-0.4, -0.2) is 28.1 Å². The van der Waals surface area contributed by atoms with Crippen LogP contribution in [0.1, 0.15) is 30.6 Å². The first-order valence-electron chi connectivity index (χ1n) is 6.09. The highest BCUT2D eigenvalue weighted by Crippen LogP contribution is 2.14. The Morgan fingerprint density at radius 3 is 2.94 bits per heavy atom. The maximum atomic E-state index is 11.9. The average Bonchev–Trinajstić information content (AvgIpc) is 2.83. The Morgan fingerprint density at radius 1 is 1.44 bits per heavy atom. The molecule has 1 amide bonds. The second-order valence-electron chi connectivity index (χ2n) is 4.81. The molecule has 0 aliphatic heterocycles. The Labute approximate surface area is 106 Å². The second kappa shape index (κ2) is 4.82. The van der Waals surface area contributed by atoms with Crippen LogP contribution in [0.15, 0.2) is 30.5 Å². The van der Waals surface area contributed by atoms with Crippen LogP contribution in [-0.2, 0) is 0 Å². The van der Waals surface area contributed by atoms with Crippen molar-refractivity contribution in [1.29, 1.82) is 0 Å². The normalized spacial score (nSPS) is 14.4. The highest BCUT2D eigenvalue weighted by molar-refractivity contribution is 5.98.